The van der Waals surface area contributed by atoms with Crippen molar-refractivity contribution in [2.24, 2.45) is 0 Å². The first-order valence-corrected chi connectivity index (χ1v) is 9.22. The molecular weight excluding hydrogens is 348 g/mol. The van der Waals surface area contributed by atoms with Crippen molar-refractivity contribution in [3.63, 3.8) is 0 Å². The second-order valence-corrected chi connectivity index (χ2v) is 6.90. The smallest absolute Gasteiger partial charge is 0.303 e. The van der Waals surface area contributed by atoms with Gasteiger partial charge in [0.15, 0.2) is 0 Å². The van der Waals surface area contributed by atoms with Crippen molar-refractivity contribution < 1.29 is 23.2 Å². The van der Waals surface area contributed by atoms with Gasteiger partial charge in [0, 0.05) is 33.1 Å². The number of aryl methyl sites for hydroxylation is 2. The molecule has 0 N–H and O–H groups in total. The lowest BCUT2D eigenvalue weighted by atomic mass is 10.2. The van der Waals surface area contributed by atoms with Crippen LogP contribution in [0.1, 0.15) is 46.7 Å². The highest BCUT2D eigenvalue weighted by Gasteiger charge is 2.23. The number of hydrogen-bond acceptors (Lipinski definition) is 6. The first-order valence-electron chi connectivity index (χ1n) is 9.22. The minimum atomic E-state index is -0.326. The maximum Gasteiger partial charge on any atom is 0.303 e. The summed E-state index contributed by atoms with van der Waals surface area (Å²) in [6.07, 6.45) is 0.905. The number of esters is 1. The lowest BCUT2D eigenvalue weighted by Gasteiger charge is -2.21. The number of ether oxygens (including phenoxy) is 1. The molecule has 1 aliphatic heterocycles. The van der Waals surface area contributed by atoms with Gasteiger partial charge in [0.2, 0.25) is 0 Å². The van der Waals surface area contributed by atoms with Crippen molar-refractivity contribution in [2.45, 2.75) is 40.3 Å². The van der Waals surface area contributed by atoms with E-state index < -0.39 is 0 Å². The molecule has 146 valence electrons. The lowest BCUT2D eigenvalue weighted by Crippen LogP contribution is -2.35. The molecule has 27 heavy (non-hydrogen) atoms. The predicted molar refractivity (Wildman–Crippen MR) is 98.2 cm³/mol. The minimum absolute atomic E-state index is 0.0351. The summed E-state index contributed by atoms with van der Waals surface area (Å²) in [7, 11) is 0. The number of hydrogen-bond donors (Lipinski definition) is 0. The molecule has 7 heteroatoms. The Kier molecular flexibility index (Phi) is 6.01. The molecule has 0 aromatic carbocycles. The van der Waals surface area contributed by atoms with Crippen LogP contribution in [0.25, 0.3) is 0 Å². The van der Waals surface area contributed by atoms with Crippen LogP contribution in [0.2, 0.25) is 0 Å². The summed E-state index contributed by atoms with van der Waals surface area (Å²) >= 11 is 0. The molecule has 0 aliphatic carbocycles. The molecule has 1 fully saturated rings. The van der Waals surface area contributed by atoms with E-state index >= 15 is 0 Å². The Bertz CT molecular complexity index is 807. The Balaban J connectivity index is 1.55. The van der Waals surface area contributed by atoms with Crippen LogP contribution >= 0.6 is 0 Å². The largest absolute Gasteiger partial charge is 0.466 e. The third kappa shape index (κ3) is 5.01. The van der Waals surface area contributed by atoms with Crippen molar-refractivity contribution in [3.8, 4) is 0 Å². The molecule has 7 nitrogen and oxygen atoms in total. The molecule has 0 saturated carbocycles. The predicted octanol–water partition coefficient (Wildman–Crippen LogP) is 2.90. The molecule has 1 aliphatic rings. The molecule has 3 rings (SSSR count). The van der Waals surface area contributed by atoms with Gasteiger partial charge in [-0.15, -0.1) is 0 Å². The number of amides is 1. The van der Waals surface area contributed by atoms with E-state index in [1.807, 2.05) is 36.9 Å². The van der Waals surface area contributed by atoms with Gasteiger partial charge in [0.1, 0.15) is 29.6 Å². The molecule has 0 bridgehead atoms. The molecular formula is C20H26N2O5. The van der Waals surface area contributed by atoms with Gasteiger partial charge >= 0.3 is 5.97 Å². The molecule has 0 spiro atoms. The van der Waals surface area contributed by atoms with E-state index in [1.54, 1.807) is 0 Å². The monoisotopic (exact) mass is 374 g/mol. The van der Waals surface area contributed by atoms with E-state index in [1.165, 1.54) is 6.92 Å². The summed E-state index contributed by atoms with van der Waals surface area (Å²) in [5, 5.41) is 0. The summed E-state index contributed by atoms with van der Waals surface area (Å²) in [6.45, 7) is 8.96. The Morgan fingerprint density at radius 3 is 2.56 bits per heavy atom. The maximum atomic E-state index is 12.8. The summed E-state index contributed by atoms with van der Waals surface area (Å²) < 4.78 is 16.2. The van der Waals surface area contributed by atoms with Gasteiger partial charge in [-0.3, -0.25) is 14.5 Å². The average molecular weight is 374 g/mol. The summed E-state index contributed by atoms with van der Waals surface area (Å²) in [6, 6.07) is 5.55. The van der Waals surface area contributed by atoms with Crippen LogP contribution in [0.3, 0.4) is 0 Å². The zero-order valence-corrected chi connectivity index (χ0v) is 16.1. The fourth-order valence-electron chi connectivity index (χ4n) is 3.32. The normalized spacial score (nSPS) is 15.6. The molecule has 2 aromatic heterocycles. The highest BCUT2D eigenvalue weighted by Crippen LogP contribution is 2.18. The van der Waals surface area contributed by atoms with Crippen LogP contribution in [0.4, 0.5) is 0 Å². The number of furan rings is 2. The van der Waals surface area contributed by atoms with Crippen LogP contribution in [0, 0.1) is 13.8 Å². The first-order chi connectivity index (χ1) is 12.9. The van der Waals surface area contributed by atoms with E-state index in [0.717, 1.165) is 37.6 Å². The van der Waals surface area contributed by atoms with Gasteiger partial charge in [-0.25, -0.2) is 0 Å². The van der Waals surface area contributed by atoms with Gasteiger partial charge in [-0.05, 0) is 38.5 Å². The first kappa shape index (κ1) is 19.2. The second-order valence-electron chi connectivity index (χ2n) is 6.90. The van der Waals surface area contributed by atoms with Crippen LogP contribution < -0.4 is 0 Å². The van der Waals surface area contributed by atoms with Gasteiger partial charge in [0.05, 0.1) is 12.1 Å². The topological polar surface area (TPSA) is 76.1 Å². The van der Waals surface area contributed by atoms with E-state index in [2.05, 4.69) is 4.90 Å². The lowest BCUT2D eigenvalue weighted by molar-refractivity contribution is -0.142. The molecule has 0 unspecified atom stereocenters. The molecule has 0 radical (unpaired) electrons. The molecule has 3 heterocycles. The summed E-state index contributed by atoms with van der Waals surface area (Å²) in [4.78, 5) is 27.8. The third-order valence-corrected chi connectivity index (χ3v) is 4.66. The Morgan fingerprint density at radius 1 is 1.07 bits per heavy atom. The van der Waals surface area contributed by atoms with Gasteiger partial charge in [0.25, 0.3) is 5.91 Å². The van der Waals surface area contributed by atoms with E-state index in [9.17, 15) is 9.59 Å². The number of carbonyl (C=O) groups is 2. The van der Waals surface area contributed by atoms with E-state index in [0.29, 0.717) is 30.2 Å². The SMILES string of the molecule is CC(=O)OCc1ccc(CN2CCCN(C(=O)c3cc(C)oc3C)CC2)o1. The molecule has 0 atom stereocenters. The minimum Gasteiger partial charge on any atom is -0.466 e. The highest BCUT2D eigenvalue weighted by molar-refractivity contribution is 5.95. The summed E-state index contributed by atoms with van der Waals surface area (Å²) in [5.74, 6) is 2.61. The van der Waals surface area contributed by atoms with Crippen molar-refractivity contribution in [2.75, 3.05) is 26.2 Å². The quantitative estimate of drug-likeness (QED) is 0.749. The Hall–Kier alpha value is -2.54. The zero-order valence-electron chi connectivity index (χ0n) is 16.1. The molecule has 2 aromatic rings. The number of nitrogens with zero attached hydrogens (tertiary/aromatic N) is 2. The van der Waals surface area contributed by atoms with E-state index in [-0.39, 0.29) is 18.5 Å². The fourth-order valence-corrected chi connectivity index (χ4v) is 3.32. The van der Waals surface area contributed by atoms with Crippen molar-refractivity contribution in [1.29, 1.82) is 0 Å². The van der Waals surface area contributed by atoms with E-state index in [4.69, 9.17) is 13.6 Å². The second kappa shape index (κ2) is 8.43. The Labute approximate surface area is 158 Å². The fraction of sp³-hybridized carbons (Fsp3) is 0.500. The van der Waals surface area contributed by atoms with Gasteiger partial charge < -0.3 is 18.5 Å². The van der Waals surface area contributed by atoms with Crippen LogP contribution in [-0.2, 0) is 22.7 Å². The van der Waals surface area contributed by atoms with Crippen molar-refractivity contribution >= 4 is 11.9 Å². The van der Waals surface area contributed by atoms with Crippen LogP contribution in [0.5, 0.6) is 0 Å². The maximum absolute atomic E-state index is 12.8. The van der Waals surface area contributed by atoms with Crippen LogP contribution in [-0.4, -0.2) is 47.9 Å². The third-order valence-electron chi connectivity index (χ3n) is 4.66. The summed E-state index contributed by atoms with van der Waals surface area (Å²) in [5.41, 5.74) is 0.655. The Morgan fingerprint density at radius 2 is 1.85 bits per heavy atom. The highest BCUT2D eigenvalue weighted by atomic mass is 16.5. The van der Waals surface area contributed by atoms with Gasteiger partial charge in [-0.1, -0.05) is 0 Å². The molecule has 1 saturated heterocycles. The van der Waals surface area contributed by atoms with Crippen LogP contribution in [0.15, 0.2) is 27.0 Å². The van der Waals surface area contributed by atoms with Crippen molar-refractivity contribution in [3.05, 3.63) is 46.8 Å². The standard InChI is InChI=1S/C20H26N2O5/c1-14-11-19(15(2)26-14)20(24)22-8-4-7-21(9-10-22)12-17-5-6-18(27-17)13-25-16(3)23/h5-6,11H,4,7-10,12-13H2,1-3H3. The van der Waals surface area contributed by atoms with Gasteiger partial charge in [-0.2, -0.15) is 0 Å². The zero-order chi connectivity index (χ0) is 19.4. The number of rotatable bonds is 5. The van der Waals surface area contributed by atoms with Crippen molar-refractivity contribution in [1.82, 2.24) is 9.80 Å². The molecule has 1 amide bonds. The average Bonchev–Trinajstić information content (AvgIpc) is 3.12. The number of carbonyl (C=O) groups excluding carboxylic acids is 2.